The molecule has 10 heteroatoms. The Hall–Kier alpha value is -2.62. The predicted octanol–water partition coefficient (Wildman–Crippen LogP) is 3.49. The van der Waals surface area contributed by atoms with Gasteiger partial charge in [-0.15, -0.1) is 11.3 Å². The van der Waals surface area contributed by atoms with Gasteiger partial charge in [-0.25, -0.2) is 9.78 Å². The molecule has 3 N–H and O–H groups in total. The fourth-order valence-corrected chi connectivity index (χ4v) is 2.82. The summed E-state index contributed by atoms with van der Waals surface area (Å²) in [6.45, 7) is 0.397. The number of rotatable bonds is 7. The third-order valence-electron chi connectivity index (χ3n) is 3.29. The van der Waals surface area contributed by atoms with Gasteiger partial charge in [0.05, 0.1) is 17.8 Å². The second-order valence-corrected chi connectivity index (χ2v) is 6.18. The van der Waals surface area contributed by atoms with Crippen LogP contribution in [0.25, 0.3) is 10.6 Å². The zero-order valence-electron chi connectivity index (χ0n) is 13.5. The molecule has 0 aliphatic rings. The minimum atomic E-state index is -4.38. The number of halogens is 3. The lowest BCUT2D eigenvalue weighted by atomic mass is 10.1. The van der Waals surface area contributed by atoms with Crippen LogP contribution >= 0.6 is 11.3 Å². The summed E-state index contributed by atoms with van der Waals surface area (Å²) < 4.78 is 37.7. The van der Waals surface area contributed by atoms with Crippen LogP contribution in [-0.2, 0) is 17.5 Å². The molecule has 0 aliphatic heterocycles. The highest BCUT2D eigenvalue weighted by molar-refractivity contribution is 7.13. The third-order valence-corrected chi connectivity index (χ3v) is 4.23. The van der Waals surface area contributed by atoms with Crippen molar-refractivity contribution in [3.8, 4) is 10.6 Å². The summed E-state index contributed by atoms with van der Waals surface area (Å²) in [7, 11) is 0. The Morgan fingerprint density at radius 2 is 1.85 bits per heavy atom. The second-order valence-electron chi connectivity index (χ2n) is 5.33. The van der Waals surface area contributed by atoms with E-state index >= 15 is 0 Å². The number of carbonyl (C=O) groups is 2. The highest BCUT2D eigenvalue weighted by atomic mass is 32.1. The summed E-state index contributed by atoms with van der Waals surface area (Å²) in [5, 5.41) is 15.9. The molecule has 0 fully saturated rings. The van der Waals surface area contributed by atoms with Gasteiger partial charge in [-0.3, -0.25) is 4.79 Å². The number of carboxylic acid groups (broad SMARTS) is 1. The maximum absolute atomic E-state index is 12.6. The number of nitrogens with zero attached hydrogens (tertiary/aromatic N) is 1. The van der Waals surface area contributed by atoms with Gasteiger partial charge in [0.25, 0.3) is 0 Å². The number of aromatic nitrogens is 1. The minimum absolute atomic E-state index is 0.0249. The molecule has 0 unspecified atom stereocenters. The number of benzene rings is 1. The summed E-state index contributed by atoms with van der Waals surface area (Å²) >= 11 is 1.26. The second kappa shape index (κ2) is 8.65. The molecule has 2 rings (SSSR count). The smallest absolute Gasteiger partial charge is 0.416 e. The van der Waals surface area contributed by atoms with E-state index in [9.17, 15) is 22.8 Å². The SMILES string of the molecule is O=C(O)CCCNC(=O)NCc1csc(-c2ccc(C(F)(F)F)cc2)n1. The van der Waals surface area contributed by atoms with Crippen molar-refractivity contribution in [1.82, 2.24) is 15.6 Å². The Kier molecular flexibility index (Phi) is 6.56. The van der Waals surface area contributed by atoms with Crippen molar-refractivity contribution in [3.05, 3.63) is 40.9 Å². The summed E-state index contributed by atoms with van der Waals surface area (Å²) in [5.41, 5.74) is 0.414. The first-order chi connectivity index (χ1) is 12.3. The normalized spacial score (nSPS) is 11.2. The lowest BCUT2D eigenvalue weighted by molar-refractivity contribution is -0.138. The van der Waals surface area contributed by atoms with Crippen LogP contribution in [0.1, 0.15) is 24.1 Å². The van der Waals surface area contributed by atoms with Crippen molar-refractivity contribution in [2.45, 2.75) is 25.6 Å². The molecular formula is C16H16F3N3O3S. The van der Waals surface area contributed by atoms with Gasteiger partial charge in [0.2, 0.25) is 0 Å². The summed E-state index contributed by atoms with van der Waals surface area (Å²) in [5.74, 6) is -0.925. The van der Waals surface area contributed by atoms with Gasteiger partial charge < -0.3 is 15.7 Å². The molecule has 0 saturated carbocycles. The molecule has 0 atom stereocenters. The molecule has 6 nitrogen and oxygen atoms in total. The number of hydrogen-bond donors (Lipinski definition) is 3. The molecule has 0 bridgehead atoms. The molecule has 0 radical (unpaired) electrons. The minimum Gasteiger partial charge on any atom is -0.481 e. The fraction of sp³-hybridized carbons (Fsp3) is 0.312. The van der Waals surface area contributed by atoms with Crippen molar-refractivity contribution in [2.24, 2.45) is 0 Å². The van der Waals surface area contributed by atoms with Crippen LogP contribution in [0, 0.1) is 0 Å². The van der Waals surface area contributed by atoms with Gasteiger partial charge in [0.1, 0.15) is 5.01 Å². The van der Waals surface area contributed by atoms with E-state index in [-0.39, 0.29) is 19.5 Å². The van der Waals surface area contributed by atoms with Crippen molar-refractivity contribution in [2.75, 3.05) is 6.54 Å². The number of urea groups is 1. The molecule has 26 heavy (non-hydrogen) atoms. The van der Waals surface area contributed by atoms with E-state index < -0.39 is 23.7 Å². The molecule has 2 amide bonds. The standard InChI is InChI=1S/C16H16F3N3O3S/c17-16(18,19)11-5-3-10(4-6-11)14-22-12(9-26-14)8-21-15(25)20-7-1-2-13(23)24/h3-6,9H,1-2,7-8H2,(H,23,24)(H2,20,21,25). The Labute approximate surface area is 151 Å². The lowest BCUT2D eigenvalue weighted by Gasteiger charge is -2.06. The average molecular weight is 387 g/mol. The summed E-state index contributed by atoms with van der Waals surface area (Å²) in [6, 6.07) is 4.26. The Morgan fingerprint density at radius 3 is 2.46 bits per heavy atom. The highest BCUT2D eigenvalue weighted by Gasteiger charge is 2.30. The maximum atomic E-state index is 12.6. The molecular weight excluding hydrogens is 371 g/mol. The fourth-order valence-electron chi connectivity index (χ4n) is 2.00. The highest BCUT2D eigenvalue weighted by Crippen LogP contribution is 2.31. The predicted molar refractivity (Wildman–Crippen MR) is 89.7 cm³/mol. The Morgan fingerprint density at radius 1 is 1.15 bits per heavy atom. The number of hydrogen-bond acceptors (Lipinski definition) is 4. The van der Waals surface area contributed by atoms with Crippen LogP contribution in [-0.4, -0.2) is 28.6 Å². The third kappa shape index (κ3) is 6.03. The quantitative estimate of drug-likeness (QED) is 0.634. The Balaban J connectivity index is 1.84. The molecule has 140 valence electrons. The number of carbonyl (C=O) groups excluding carboxylic acids is 1. The van der Waals surface area contributed by atoms with E-state index in [0.717, 1.165) is 12.1 Å². The van der Waals surface area contributed by atoms with E-state index in [2.05, 4.69) is 15.6 Å². The Bertz CT molecular complexity index is 760. The van der Waals surface area contributed by atoms with Crippen molar-refractivity contribution >= 4 is 23.3 Å². The number of carboxylic acids is 1. The number of amides is 2. The summed E-state index contributed by atoms with van der Waals surface area (Å²) in [4.78, 5) is 26.2. The van der Waals surface area contributed by atoms with E-state index in [1.807, 2.05) is 0 Å². The molecule has 0 spiro atoms. The van der Waals surface area contributed by atoms with Crippen LogP contribution in [0.4, 0.5) is 18.0 Å². The van der Waals surface area contributed by atoms with Crippen molar-refractivity contribution in [3.63, 3.8) is 0 Å². The summed E-state index contributed by atoms with van der Waals surface area (Å²) in [6.07, 6.45) is -4.07. The maximum Gasteiger partial charge on any atom is 0.416 e. The lowest BCUT2D eigenvalue weighted by Crippen LogP contribution is -2.35. The van der Waals surface area contributed by atoms with Gasteiger partial charge in [-0.1, -0.05) is 12.1 Å². The molecule has 0 saturated heterocycles. The largest absolute Gasteiger partial charge is 0.481 e. The monoisotopic (exact) mass is 387 g/mol. The zero-order chi connectivity index (χ0) is 19.2. The van der Waals surface area contributed by atoms with Gasteiger partial charge in [0, 0.05) is 23.9 Å². The van der Waals surface area contributed by atoms with Crippen molar-refractivity contribution < 1.29 is 27.9 Å². The van der Waals surface area contributed by atoms with Crippen LogP contribution < -0.4 is 10.6 Å². The van der Waals surface area contributed by atoms with Crippen molar-refractivity contribution in [1.29, 1.82) is 0 Å². The zero-order valence-corrected chi connectivity index (χ0v) is 14.3. The van der Waals surface area contributed by atoms with Crippen LogP contribution in [0.15, 0.2) is 29.6 Å². The van der Waals surface area contributed by atoms with Crippen LogP contribution in [0.2, 0.25) is 0 Å². The van der Waals surface area contributed by atoms with Gasteiger partial charge in [0.15, 0.2) is 0 Å². The van der Waals surface area contributed by atoms with Gasteiger partial charge in [-0.05, 0) is 18.6 Å². The van der Waals surface area contributed by atoms with Crippen LogP contribution in [0.5, 0.6) is 0 Å². The van der Waals surface area contributed by atoms with E-state index in [1.54, 1.807) is 5.38 Å². The molecule has 1 heterocycles. The number of nitrogens with one attached hydrogen (secondary N) is 2. The first-order valence-electron chi connectivity index (χ1n) is 7.61. The van der Waals surface area contributed by atoms with E-state index in [4.69, 9.17) is 5.11 Å². The molecule has 2 aromatic rings. The molecule has 1 aromatic carbocycles. The first kappa shape index (κ1) is 19.7. The average Bonchev–Trinajstić information content (AvgIpc) is 3.05. The topological polar surface area (TPSA) is 91.3 Å². The molecule has 0 aliphatic carbocycles. The number of thiazole rings is 1. The first-order valence-corrected chi connectivity index (χ1v) is 8.49. The van der Waals surface area contributed by atoms with Gasteiger partial charge in [-0.2, -0.15) is 13.2 Å². The van der Waals surface area contributed by atoms with Gasteiger partial charge >= 0.3 is 18.2 Å². The van der Waals surface area contributed by atoms with E-state index in [1.165, 1.54) is 23.5 Å². The van der Waals surface area contributed by atoms with Crippen LogP contribution in [0.3, 0.4) is 0 Å². The number of alkyl halides is 3. The van der Waals surface area contributed by atoms with E-state index in [0.29, 0.717) is 22.7 Å². The molecule has 1 aromatic heterocycles. The number of aliphatic carboxylic acids is 1.